The second-order valence-electron chi connectivity index (χ2n) is 8.41. The van der Waals surface area contributed by atoms with E-state index in [0.29, 0.717) is 32.1 Å². The van der Waals surface area contributed by atoms with Crippen molar-refractivity contribution in [3.05, 3.63) is 26.6 Å². The minimum atomic E-state index is -0.575. The second-order valence-corrected chi connectivity index (χ2v) is 9.49. The lowest BCUT2D eigenvalue weighted by Crippen LogP contribution is -2.43. The molecule has 2 aliphatic rings. The molecule has 31 heavy (non-hydrogen) atoms. The van der Waals surface area contributed by atoms with Crippen molar-refractivity contribution >= 4 is 21.6 Å². The van der Waals surface area contributed by atoms with Crippen molar-refractivity contribution < 1.29 is 14.6 Å². The lowest BCUT2D eigenvalue weighted by Gasteiger charge is -2.30. The van der Waals surface area contributed by atoms with Crippen LogP contribution >= 0.6 is 11.3 Å². The van der Waals surface area contributed by atoms with E-state index < -0.39 is 6.10 Å². The number of hydrogen-bond acceptors (Lipinski definition) is 8. The van der Waals surface area contributed by atoms with Gasteiger partial charge in [0.2, 0.25) is 0 Å². The predicted molar refractivity (Wildman–Crippen MR) is 122 cm³/mol. The van der Waals surface area contributed by atoms with Crippen molar-refractivity contribution in [3.8, 4) is 0 Å². The smallest absolute Gasteiger partial charge is 0.259 e. The van der Waals surface area contributed by atoms with Gasteiger partial charge in [-0.3, -0.25) is 14.6 Å². The number of aliphatic hydroxyl groups is 1. The maximum Gasteiger partial charge on any atom is 0.259 e. The normalized spacial score (nSPS) is 18.5. The zero-order valence-electron chi connectivity index (χ0n) is 18.4. The third-order valence-electron chi connectivity index (χ3n) is 6.07. The monoisotopic (exact) mass is 450 g/mol. The molecule has 0 amide bonds. The molecule has 2 N–H and O–H groups in total. The number of aromatic amines is 1. The first-order valence-electron chi connectivity index (χ1n) is 11.5. The van der Waals surface area contributed by atoms with Gasteiger partial charge >= 0.3 is 0 Å². The molecule has 0 aromatic carbocycles. The Kier molecular flexibility index (Phi) is 8.08. The molecule has 0 radical (unpaired) electrons. The highest BCUT2D eigenvalue weighted by Crippen LogP contribution is 2.33. The number of aliphatic hydroxyl groups excluding tert-OH is 1. The number of ether oxygens (including phenoxy) is 2. The summed E-state index contributed by atoms with van der Waals surface area (Å²) < 4.78 is 10.8. The SMILES string of the molecule is CCOC[C@H](O)CN(CCN1CCOCC1)Cc1nc2sc3c(c2c(=O)[nH]1)CCCC3. The van der Waals surface area contributed by atoms with Gasteiger partial charge in [0, 0.05) is 44.2 Å². The topological polar surface area (TPSA) is 90.9 Å². The van der Waals surface area contributed by atoms with Crippen LogP contribution < -0.4 is 5.56 Å². The molecule has 8 nitrogen and oxygen atoms in total. The van der Waals surface area contributed by atoms with E-state index in [4.69, 9.17) is 14.5 Å². The number of rotatable bonds is 10. The van der Waals surface area contributed by atoms with Crippen molar-refractivity contribution in [1.29, 1.82) is 0 Å². The van der Waals surface area contributed by atoms with Gasteiger partial charge in [-0.25, -0.2) is 4.98 Å². The highest BCUT2D eigenvalue weighted by atomic mass is 32.1. The van der Waals surface area contributed by atoms with Gasteiger partial charge in [-0.2, -0.15) is 0 Å². The van der Waals surface area contributed by atoms with Gasteiger partial charge in [0.25, 0.3) is 5.56 Å². The maximum absolute atomic E-state index is 12.9. The molecule has 2 aromatic rings. The van der Waals surface area contributed by atoms with Gasteiger partial charge in [-0.15, -0.1) is 11.3 Å². The van der Waals surface area contributed by atoms with Crippen molar-refractivity contribution in [2.24, 2.45) is 0 Å². The molecule has 0 bridgehead atoms. The first-order chi connectivity index (χ1) is 15.1. The number of fused-ring (bicyclic) bond motifs is 3. The number of morpholine rings is 1. The summed E-state index contributed by atoms with van der Waals surface area (Å²) >= 11 is 1.68. The first-order valence-corrected chi connectivity index (χ1v) is 12.3. The van der Waals surface area contributed by atoms with Crippen LogP contribution in [0.1, 0.15) is 36.0 Å². The van der Waals surface area contributed by atoms with Crippen LogP contribution in [0.4, 0.5) is 0 Å². The van der Waals surface area contributed by atoms with E-state index in [1.807, 2.05) is 6.92 Å². The number of aryl methyl sites for hydroxylation is 2. The summed E-state index contributed by atoms with van der Waals surface area (Å²) in [6.07, 6.45) is 3.80. The van der Waals surface area contributed by atoms with Crippen molar-refractivity contribution in [1.82, 2.24) is 19.8 Å². The molecule has 9 heteroatoms. The Morgan fingerprint density at radius 1 is 1.32 bits per heavy atom. The van der Waals surface area contributed by atoms with E-state index in [2.05, 4.69) is 14.8 Å². The fraction of sp³-hybridized carbons (Fsp3) is 0.727. The van der Waals surface area contributed by atoms with Crippen LogP contribution in [0, 0.1) is 0 Å². The molecular weight excluding hydrogens is 416 g/mol. The molecule has 0 saturated carbocycles. The fourth-order valence-electron chi connectivity index (χ4n) is 4.44. The summed E-state index contributed by atoms with van der Waals surface area (Å²) in [4.78, 5) is 27.4. The summed E-state index contributed by atoms with van der Waals surface area (Å²) in [6.45, 7) is 8.86. The molecule has 1 fully saturated rings. The molecular formula is C22H34N4O4S. The predicted octanol–water partition coefficient (Wildman–Crippen LogP) is 1.39. The summed E-state index contributed by atoms with van der Waals surface area (Å²) in [7, 11) is 0. The summed E-state index contributed by atoms with van der Waals surface area (Å²) in [5.41, 5.74) is 1.19. The minimum Gasteiger partial charge on any atom is -0.389 e. The molecule has 4 rings (SSSR count). The number of aromatic nitrogens is 2. The quantitative estimate of drug-likeness (QED) is 0.565. The molecule has 1 aliphatic heterocycles. The average molecular weight is 451 g/mol. The summed E-state index contributed by atoms with van der Waals surface area (Å²) in [6, 6.07) is 0. The average Bonchev–Trinajstić information content (AvgIpc) is 3.15. The number of nitrogens with one attached hydrogen (secondary N) is 1. The zero-order chi connectivity index (χ0) is 21.6. The largest absolute Gasteiger partial charge is 0.389 e. The molecule has 0 spiro atoms. The second kappa shape index (κ2) is 11.0. The van der Waals surface area contributed by atoms with E-state index in [1.54, 1.807) is 11.3 Å². The molecule has 0 unspecified atom stereocenters. The Balaban J connectivity index is 1.48. The number of hydrogen-bond donors (Lipinski definition) is 2. The van der Waals surface area contributed by atoms with Crippen LogP contribution in [0.2, 0.25) is 0 Å². The Labute approximate surface area is 187 Å². The molecule has 1 atom stereocenters. The zero-order valence-corrected chi connectivity index (χ0v) is 19.2. The van der Waals surface area contributed by atoms with Crippen LogP contribution in [0.5, 0.6) is 0 Å². The van der Waals surface area contributed by atoms with Crippen LogP contribution in [0.3, 0.4) is 0 Å². The molecule has 172 valence electrons. The highest BCUT2D eigenvalue weighted by molar-refractivity contribution is 7.18. The van der Waals surface area contributed by atoms with E-state index in [1.165, 1.54) is 16.9 Å². The van der Waals surface area contributed by atoms with Crippen molar-refractivity contribution in [2.45, 2.75) is 45.3 Å². The van der Waals surface area contributed by atoms with Crippen molar-refractivity contribution in [2.75, 3.05) is 59.2 Å². The third-order valence-corrected chi connectivity index (χ3v) is 7.25. The fourth-order valence-corrected chi connectivity index (χ4v) is 5.72. The third kappa shape index (κ3) is 5.91. The van der Waals surface area contributed by atoms with Crippen molar-refractivity contribution in [3.63, 3.8) is 0 Å². The van der Waals surface area contributed by atoms with E-state index in [-0.39, 0.29) is 5.56 Å². The van der Waals surface area contributed by atoms with Gasteiger partial charge < -0.3 is 19.6 Å². The van der Waals surface area contributed by atoms with E-state index >= 15 is 0 Å². The molecule has 1 aliphatic carbocycles. The Morgan fingerprint density at radius 2 is 2.13 bits per heavy atom. The molecule has 3 heterocycles. The van der Waals surface area contributed by atoms with Crippen LogP contribution in [-0.2, 0) is 28.9 Å². The van der Waals surface area contributed by atoms with Gasteiger partial charge in [0.1, 0.15) is 10.7 Å². The Bertz CT molecular complexity index is 909. The van der Waals surface area contributed by atoms with E-state index in [0.717, 1.165) is 68.9 Å². The van der Waals surface area contributed by atoms with Crippen LogP contribution in [0.25, 0.3) is 10.2 Å². The summed E-state index contributed by atoms with van der Waals surface area (Å²) in [5.74, 6) is 0.668. The van der Waals surface area contributed by atoms with Crippen LogP contribution in [-0.4, -0.2) is 90.1 Å². The Hall–Kier alpha value is -1.36. The van der Waals surface area contributed by atoms with Gasteiger partial charge in [-0.05, 0) is 38.2 Å². The molecule has 1 saturated heterocycles. The van der Waals surface area contributed by atoms with E-state index in [9.17, 15) is 9.90 Å². The summed E-state index contributed by atoms with van der Waals surface area (Å²) in [5, 5.41) is 11.2. The highest BCUT2D eigenvalue weighted by Gasteiger charge is 2.21. The molecule has 2 aromatic heterocycles. The van der Waals surface area contributed by atoms with Gasteiger partial charge in [0.15, 0.2) is 0 Å². The number of nitrogens with zero attached hydrogens (tertiary/aromatic N) is 3. The first kappa shape index (κ1) is 22.8. The lowest BCUT2D eigenvalue weighted by molar-refractivity contribution is 0.00942. The number of H-pyrrole nitrogens is 1. The van der Waals surface area contributed by atoms with Gasteiger partial charge in [0.05, 0.1) is 37.9 Å². The van der Waals surface area contributed by atoms with Gasteiger partial charge in [-0.1, -0.05) is 0 Å². The minimum absolute atomic E-state index is 0.0256. The lowest BCUT2D eigenvalue weighted by atomic mass is 9.97. The maximum atomic E-state index is 12.9. The Morgan fingerprint density at radius 3 is 2.94 bits per heavy atom. The standard InChI is InChI=1S/C22H34N4O4S/c1-2-29-15-16(27)13-26(8-7-25-9-11-30-12-10-25)14-19-23-21(28)20-17-5-3-4-6-18(17)31-22(20)24-19/h16,27H,2-15H2,1H3,(H,23,24,28)/t16-/m1/s1. The van der Waals surface area contributed by atoms with Crippen LogP contribution in [0.15, 0.2) is 4.79 Å². The number of thiophene rings is 1.